The van der Waals surface area contributed by atoms with Crippen LogP contribution in [0.1, 0.15) is 35.8 Å². The van der Waals surface area contributed by atoms with Crippen molar-refractivity contribution in [1.82, 2.24) is 5.32 Å². The summed E-state index contributed by atoms with van der Waals surface area (Å²) < 4.78 is 4.92. The molecule has 5 nitrogen and oxygen atoms in total. The molecule has 6 heteroatoms. The number of benzene rings is 2. The van der Waals surface area contributed by atoms with Gasteiger partial charge in [0.25, 0.3) is 0 Å². The maximum absolute atomic E-state index is 12.0. The third-order valence-electron chi connectivity index (χ3n) is 3.62. The first-order chi connectivity index (χ1) is 12.0. The number of carbonyl (C=O) groups excluding carboxylic acids is 2. The van der Waals surface area contributed by atoms with E-state index in [1.165, 1.54) is 0 Å². The zero-order chi connectivity index (χ0) is 18.2. The fourth-order valence-electron chi connectivity index (χ4n) is 2.22. The Hall–Kier alpha value is -2.37. The van der Waals surface area contributed by atoms with Gasteiger partial charge in [-0.2, -0.15) is 0 Å². The van der Waals surface area contributed by atoms with Crippen LogP contribution >= 0.6 is 11.6 Å². The van der Waals surface area contributed by atoms with Crippen molar-refractivity contribution in [1.29, 1.82) is 0 Å². The van der Waals surface area contributed by atoms with E-state index in [-0.39, 0.29) is 24.5 Å². The summed E-state index contributed by atoms with van der Waals surface area (Å²) in [6, 6.07) is 14.1. The third kappa shape index (κ3) is 5.89. The van der Waals surface area contributed by atoms with Crippen LogP contribution in [-0.4, -0.2) is 25.0 Å². The van der Waals surface area contributed by atoms with Crippen molar-refractivity contribution in [2.75, 3.05) is 18.5 Å². The molecule has 1 atom stereocenters. The molecule has 132 valence electrons. The van der Waals surface area contributed by atoms with Crippen LogP contribution in [0.25, 0.3) is 0 Å². The molecule has 0 aromatic heterocycles. The van der Waals surface area contributed by atoms with Gasteiger partial charge in [-0.15, -0.1) is 0 Å². The number of hydrogen-bond donors (Lipinski definition) is 2. The second-order valence-electron chi connectivity index (χ2n) is 5.50. The van der Waals surface area contributed by atoms with Crippen molar-refractivity contribution in [2.24, 2.45) is 0 Å². The lowest BCUT2D eigenvalue weighted by Gasteiger charge is -2.14. The summed E-state index contributed by atoms with van der Waals surface area (Å²) in [4.78, 5) is 23.6. The highest BCUT2D eigenvalue weighted by Crippen LogP contribution is 2.16. The van der Waals surface area contributed by atoms with Crippen molar-refractivity contribution in [2.45, 2.75) is 19.9 Å². The molecule has 0 aliphatic heterocycles. The number of nitrogens with one attached hydrogen (secondary N) is 2. The summed E-state index contributed by atoms with van der Waals surface area (Å²) in [5.41, 5.74) is 2.13. The fourth-order valence-corrected chi connectivity index (χ4v) is 2.35. The van der Waals surface area contributed by atoms with Crippen LogP contribution in [0.5, 0.6) is 0 Å². The smallest absolute Gasteiger partial charge is 0.338 e. The normalized spacial score (nSPS) is 11.6. The quantitative estimate of drug-likeness (QED) is 0.737. The number of amides is 1. The van der Waals surface area contributed by atoms with E-state index in [9.17, 15) is 9.59 Å². The lowest BCUT2D eigenvalue weighted by atomic mass is 10.1. The van der Waals surface area contributed by atoms with Gasteiger partial charge in [-0.05, 0) is 55.8 Å². The average Bonchev–Trinajstić information content (AvgIpc) is 2.61. The molecular weight excluding hydrogens is 340 g/mol. The number of hydrogen-bond acceptors (Lipinski definition) is 4. The van der Waals surface area contributed by atoms with Gasteiger partial charge in [-0.25, -0.2) is 4.79 Å². The van der Waals surface area contributed by atoms with Crippen LogP contribution in [-0.2, 0) is 9.53 Å². The van der Waals surface area contributed by atoms with Crippen LogP contribution in [0.4, 0.5) is 5.69 Å². The number of anilines is 1. The summed E-state index contributed by atoms with van der Waals surface area (Å²) in [5.74, 6) is -0.538. The van der Waals surface area contributed by atoms with Crippen molar-refractivity contribution in [3.05, 3.63) is 64.7 Å². The topological polar surface area (TPSA) is 67.4 Å². The Morgan fingerprint density at radius 2 is 1.72 bits per heavy atom. The van der Waals surface area contributed by atoms with E-state index in [4.69, 9.17) is 16.3 Å². The first-order valence-corrected chi connectivity index (χ1v) is 8.43. The fraction of sp³-hybridized carbons (Fsp3) is 0.263. The second kappa shape index (κ2) is 9.20. The zero-order valence-corrected chi connectivity index (χ0v) is 15.0. The number of rotatable bonds is 7. The molecule has 2 aromatic rings. The van der Waals surface area contributed by atoms with Crippen molar-refractivity contribution in [3.8, 4) is 0 Å². The molecule has 0 fully saturated rings. The van der Waals surface area contributed by atoms with Crippen molar-refractivity contribution >= 4 is 29.2 Å². The Morgan fingerprint density at radius 3 is 2.32 bits per heavy atom. The Kier molecular flexibility index (Phi) is 6.98. The first kappa shape index (κ1) is 19.0. The van der Waals surface area contributed by atoms with Gasteiger partial charge in [0, 0.05) is 16.8 Å². The summed E-state index contributed by atoms with van der Waals surface area (Å²) in [6.45, 7) is 4.23. The van der Waals surface area contributed by atoms with Gasteiger partial charge in [-0.1, -0.05) is 23.7 Å². The first-order valence-electron chi connectivity index (χ1n) is 8.05. The minimum absolute atomic E-state index is 0.0224. The molecule has 0 spiro atoms. The summed E-state index contributed by atoms with van der Waals surface area (Å²) in [6.07, 6.45) is 0. The maximum Gasteiger partial charge on any atom is 0.338 e. The van der Waals surface area contributed by atoms with E-state index in [1.807, 2.05) is 31.2 Å². The molecule has 0 aliphatic carbocycles. The van der Waals surface area contributed by atoms with Crippen LogP contribution in [0.2, 0.25) is 5.02 Å². The number of ether oxygens (including phenoxy) is 1. The molecule has 0 bridgehead atoms. The van der Waals surface area contributed by atoms with E-state index < -0.39 is 0 Å². The van der Waals surface area contributed by atoms with E-state index in [2.05, 4.69) is 10.6 Å². The Bertz CT molecular complexity index is 714. The van der Waals surface area contributed by atoms with Gasteiger partial charge in [0.15, 0.2) is 0 Å². The Labute approximate surface area is 152 Å². The van der Waals surface area contributed by atoms with E-state index in [0.717, 1.165) is 5.56 Å². The molecule has 1 amide bonds. The van der Waals surface area contributed by atoms with Crippen LogP contribution in [0.3, 0.4) is 0 Å². The lowest BCUT2D eigenvalue weighted by Crippen LogP contribution is -2.30. The van der Waals surface area contributed by atoms with Crippen molar-refractivity contribution < 1.29 is 14.3 Å². The predicted molar refractivity (Wildman–Crippen MR) is 98.9 cm³/mol. The molecule has 2 rings (SSSR count). The molecule has 2 N–H and O–H groups in total. The second-order valence-corrected chi connectivity index (χ2v) is 5.94. The number of esters is 1. The van der Waals surface area contributed by atoms with Crippen LogP contribution in [0.15, 0.2) is 48.5 Å². The zero-order valence-electron chi connectivity index (χ0n) is 14.2. The molecule has 25 heavy (non-hydrogen) atoms. The predicted octanol–water partition coefficient (Wildman–Crippen LogP) is 3.81. The van der Waals surface area contributed by atoms with Crippen LogP contribution in [0, 0.1) is 0 Å². The minimum atomic E-state index is -0.376. The molecule has 0 unspecified atom stereocenters. The monoisotopic (exact) mass is 360 g/mol. The van der Waals surface area contributed by atoms with Gasteiger partial charge >= 0.3 is 5.97 Å². The molecule has 0 saturated carbocycles. The highest BCUT2D eigenvalue weighted by molar-refractivity contribution is 6.30. The van der Waals surface area contributed by atoms with Gasteiger partial charge in [-0.3, -0.25) is 4.79 Å². The lowest BCUT2D eigenvalue weighted by molar-refractivity contribution is -0.115. The van der Waals surface area contributed by atoms with Gasteiger partial charge in [0.05, 0.1) is 18.7 Å². The summed E-state index contributed by atoms with van der Waals surface area (Å²) in [7, 11) is 0. The van der Waals surface area contributed by atoms with Gasteiger partial charge < -0.3 is 15.4 Å². The molecule has 2 aromatic carbocycles. The average molecular weight is 361 g/mol. The Balaban J connectivity index is 1.83. The molecule has 0 saturated heterocycles. The number of carbonyl (C=O) groups is 2. The minimum Gasteiger partial charge on any atom is -0.462 e. The van der Waals surface area contributed by atoms with E-state index in [0.29, 0.717) is 22.9 Å². The van der Waals surface area contributed by atoms with Gasteiger partial charge in [0.2, 0.25) is 5.91 Å². The van der Waals surface area contributed by atoms with E-state index in [1.54, 1.807) is 31.2 Å². The highest BCUT2D eigenvalue weighted by Gasteiger charge is 2.09. The third-order valence-corrected chi connectivity index (χ3v) is 3.87. The summed E-state index contributed by atoms with van der Waals surface area (Å²) in [5, 5.41) is 6.62. The number of halogens is 1. The molecule has 0 aliphatic rings. The highest BCUT2D eigenvalue weighted by atomic mass is 35.5. The SMILES string of the molecule is CCOC(=O)c1ccc(NC(=O)CN[C@H](C)c2ccc(Cl)cc2)cc1. The van der Waals surface area contributed by atoms with Crippen molar-refractivity contribution in [3.63, 3.8) is 0 Å². The molecular formula is C19H21ClN2O3. The van der Waals surface area contributed by atoms with Gasteiger partial charge in [0.1, 0.15) is 0 Å². The molecule has 0 heterocycles. The standard InChI is InChI=1S/C19H21ClN2O3/c1-3-25-19(24)15-6-10-17(11-7-15)22-18(23)12-21-13(2)14-4-8-16(20)9-5-14/h4-11,13,21H,3,12H2,1-2H3,(H,22,23)/t13-/m1/s1. The summed E-state index contributed by atoms with van der Waals surface area (Å²) >= 11 is 5.87. The molecule has 0 radical (unpaired) electrons. The maximum atomic E-state index is 12.0. The largest absolute Gasteiger partial charge is 0.462 e. The Morgan fingerprint density at radius 1 is 1.08 bits per heavy atom. The van der Waals surface area contributed by atoms with Crippen LogP contribution < -0.4 is 10.6 Å². The van der Waals surface area contributed by atoms with E-state index >= 15 is 0 Å².